The van der Waals surface area contributed by atoms with E-state index < -0.39 is 0 Å². The van der Waals surface area contributed by atoms with Crippen molar-refractivity contribution in [3.8, 4) is 5.75 Å². The Kier molecular flexibility index (Phi) is 8.05. The molecule has 0 aliphatic carbocycles. The van der Waals surface area contributed by atoms with Crippen LogP contribution in [0.5, 0.6) is 5.75 Å². The second-order valence-electron chi connectivity index (χ2n) is 8.76. The largest absolute Gasteiger partial charge is 0.494 e. The highest BCUT2D eigenvalue weighted by Gasteiger charge is 2.23. The van der Waals surface area contributed by atoms with Gasteiger partial charge in [-0.15, -0.1) is 0 Å². The number of carbonyl (C=O) groups is 2. The number of aryl methyl sites for hydroxylation is 1. The molecule has 2 amide bonds. The number of carbonyl (C=O) groups excluding carboxylic acids is 2. The van der Waals surface area contributed by atoms with E-state index in [0.717, 1.165) is 5.69 Å². The highest BCUT2D eigenvalue weighted by molar-refractivity contribution is 6.02. The Labute approximate surface area is 220 Å². The summed E-state index contributed by atoms with van der Waals surface area (Å²) in [7, 11) is 1.56. The molecule has 2 aromatic carbocycles. The fourth-order valence-electron chi connectivity index (χ4n) is 4.15. The van der Waals surface area contributed by atoms with Gasteiger partial charge in [-0.25, -0.2) is 14.4 Å². The molecule has 0 bridgehead atoms. The topological polar surface area (TPSA) is 112 Å². The van der Waals surface area contributed by atoms with E-state index in [2.05, 4.69) is 37.4 Å². The number of hydrogen-bond donors (Lipinski definition) is 3. The maximum Gasteiger partial charge on any atom is 0.247 e. The minimum Gasteiger partial charge on any atom is -0.494 e. The molecular weight excluding hydrogens is 489 g/mol. The first kappa shape index (κ1) is 26.4. The van der Waals surface area contributed by atoms with Crippen molar-refractivity contribution in [1.82, 2.24) is 14.9 Å². The summed E-state index contributed by atoms with van der Waals surface area (Å²) in [4.78, 5) is 36.4. The second kappa shape index (κ2) is 11.6. The average molecular weight is 520 g/mol. The van der Waals surface area contributed by atoms with Gasteiger partial charge in [-0.1, -0.05) is 6.58 Å². The first-order chi connectivity index (χ1) is 18.3. The van der Waals surface area contributed by atoms with Crippen LogP contribution in [0, 0.1) is 12.7 Å². The Morgan fingerprint density at radius 3 is 2.37 bits per heavy atom. The number of nitrogens with one attached hydrogen (secondary N) is 3. The summed E-state index contributed by atoms with van der Waals surface area (Å²) in [5.41, 5.74) is 3.10. The number of anilines is 6. The van der Waals surface area contributed by atoms with Crippen LogP contribution in [0.2, 0.25) is 0 Å². The molecule has 3 aromatic rings. The Balaban J connectivity index is 1.61. The van der Waals surface area contributed by atoms with Crippen LogP contribution in [0.25, 0.3) is 0 Å². The number of ether oxygens (including phenoxy) is 1. The number of hydrogen-bond acceptors (Lipinski definition) is 8. The van der Waals surface area contributed by atoms with Crippen LogP contribution in [-0.4, -0.2) is 60.0 Å². The van der Waals surface area contributed by atoms with Crippen molar-refractivity contribution in [3.05, 3.63) is 66.8 Å². The van der Waals surface area contributed by atoms with E-state index in [1.165, 1.54) is 18.5 Å². The van der Waals surface area contributed by atoms with Gasteiger partial charge in [0.2, 0.25) is 11.8 Å². The molecule has 10 nitrogen and oxygen atoms in total. The summed E-state index contributed by atoms with van der Waals surface area (Å²) in [5, 5.41) is 9.25. The normalized spacial score (nSPS) is 13.1. The van der Waals surface area contributed by atoms with Gasteiger partial charge in [0.15, 0.2) is 0 Å². The molecule has 0 unspecified atom stereocenters. The first-order valence-corrected chi connectivity index (χ1v) is 12.1. The van der Waals surface area contributed by atoms with Crippen LogP contribution in [0.15, 0.2) is 55.4 Å². The lowest BCUT2D eigenvalue weighted by Gasteiger charge is -2.36. The molecule has 0 saturated carbocycles. The predicted molar refractivity (Wildman–Crippen MR) is 146 cm³/mol. The zero-order valence-electron chi connectivity index (χ0n) is 21.5. The van der Waals surface area contributed by atoms with Crippen molar-refractivity contribution >= 4 is 46.2 Å². The smallest absolute Gasteiger partial charge is 0.247 e. The summed E-state index contributed by atoms with van der Waals surface area (Å²) in [6.45, 7) is 9.18. The third-order valence-electron chi connectivity index (χ3n) is 6.19. The van der Waals surface area contributed by atoms with Gasteiger partial charge in [0.05, 0.1) is 24.2 Å². The highest BCUT2D eigenvalue weighted by Crippen LogP contribution is 2.39. The first-order valence-electron chi connectivity index (χ1n) is 12.1. The van der Waals surface area contributed by atoms with Crippen molar-refractivity contribution in [1.29, 1.82) is 0 Å². The SMILES string of the molecule is C=CC(=O)Nc1cc(Nc2cc(Nc3ccc(F)c(C)c3)ncn2)c(OC)cc1N1CCN(C(C)=O)CC1. The van der Waals surface area contributed by atoms with E-state index in [1.807, 2.05) is 6.07 Å². The molecule has 198 valence electrons. The van der Waals surface area contributed by atoms with Crippen molar-refractivity contribution in [3.63, 3.8) is 0 Å². The number of methoxy groups -OCH3 is 1. The molecule has 3 N–H and O–H groups in total. The molecule has 0 atom stereocenters. The average Bonchev–Trinajstić information content (AvgIpc) is 2.91. The lowest BCUT2D eigenvalue weighted by atomic mass is 10.1. The number of benzene rings is 2. The second-order valence-corrected chi connectivity index (χ2v) is 8.76. The molecule has 0 radical (unpaired) electrons. The molecule has 1 fully saturated rings. The molecule has 1 aromatic heterocycles. The standard InChI is InChI=1S/C27H30FN7O3/c1-5-27(37)33-21-13-22(24(38-4)14-23(21)35-10-8-34(9-11-35)18(3)36)32-26-15-25(29-16-30-26)31-19-6-7-20(28)17(2)12-19/h5-7,12-16H,1,8-11H2,2-4H3,(H,33,37)(H2,29,30,31,32). The molecule has 4 rings (SSSR count). The van der Waals surface area contributed by atoms with Crippen LogP contribution < -0.4 is 25.6 Å². The molecule has 38 heavy (non-hydrogen) atoms. The molecule has 1 saturated heterocycles. The van der Waals surface area contributed by atoms with Crippen LogP contribution in [0.4, 0.5) is 38.8 Å². The van der Waals surface area contributed by atoms with Crippen LogP contribution in [0.1, 0.15) is 12.5 Å². The predicted octanol–water partition coefficient (Wildman–Crippen LogP) is 4.21. The third-order valence-corrected chi connectivity index (χ3v) is 6.19. The van der Waals surface area contributed by atoms with E-state index in [1.54, 1.807) is 50.1 Å². The summed E-state index contributed by atoms with van der Waals surface area (Å²) >= 11 is 0. The summed E-state index contributed by atoms with van der Waals surface area (Å²) in [5.74, 6) is 0.920. The molecule has 0 spiro atoms. The van der Waals surface area contributed by atoms with Gasteiger partial charge in [-0.05, 0) is 42.8 Å². The molecule has 11 heteroatoms. The monoisotopic (exact) mass is 519 g/mol. The molecular formula is C27H30FN7O3. The van der Waals surface area contributed by atoms with E-state index in [4.69, 9.17) is 4.74 Å². The minimum absolute atomic E-state index is 0.0373. The number of nitrogens with zero attached hydrogens (tertiary/aromatic N) is 4. The molecule has 2 heterocycles. The van der Waals surface area contributed by atoms with Crippen molar-refractivity contribution < 1.29 is 18.7 Å². The van der Waals surface area contributed by atoms with E-state index >= 15 is 0 Å². The zero-order valence-corrected chi connectivity index (χ0v) is 21.5. The minimum atomic E-state index is -0.354. The lowest BCUT2D eigenvalue weighted by molar-refractivity contribution is -0.129. The quantitative estimate of drug-likeness (QED) is 0.380. The number of halogens is 1. The van der Waals surface area contributed by atoms with Gasteiger partial charge in [-0.3, -0.25) is 9.59 Å². The van der Waals surface area contributed by atoms with Gasteiger partial charge in [-0.2, -0.15) is 0 Å². The lowest BCUT2D eigenvalue weighted by Crippen LogP contribution is -2.48. The maximum absolute atomic E-state index is 13.6. The summed E-state index contributed by atoms with van der Waals surface area (Å²) < 4.78 is 19.3. The fourth-order valence-corrected chi connectivity index (χ4v) is 4.15. The van der Waals surface area contributed by atoms with E-state index in [-0.39, 0.29) is 17.6 Å². The fraction of sp³-hybridized carbons (Fsp3) is 0.259. The Hall–Kier alpha value is -4.67. The van der Waals surface area contributed by atoms with Crippen LogP contribution >= 0.6 is 0 Å². The Morgan fingerprint density at radius 2 is 1.74 bits per heavy atom. The van der Waals surface area contributed by atoms with E-state index in [0.29, 0.717) is 66.2 Å². The Bertz CT molecular complexity index is 1360. The number of amides is 2. The van der Waals surface area contributed by atoms with Crippen LogP contribution in [0.3, 0.4) is 0 Å². The van der Waals surface area contributed by atoms with Gasteiger partial charge in [0.25, 0.3) is 0 Å². The van der Waals surface area contributed by atoms with Crippen LogP contribution in [-0.2, 0) is 9.59 Å². The van der Waals surface area contributed by atoms with Gasteiger partial charge < -0.3 is 30.5 Å². The Morgan fingerprint density at radius 1 is 1.03 bits per heavy atom. The molecule has 1 aliphatic rings. The number of piperazine rings is 1. The number of aromatic nitrogens is 2. The van der Waals surface area contributed by atoms with Gasteiger partial charge in [0.1, 0.15) is 29.5 Å². The van der Waals surface area contributed by atoms with Gasteiger partial charge >= 0.3 is 0 Å². The van der Waals surface area contributed by atoms with Crippen molar-refractivity contribution in [2.45, 2.75) is 13.8 Å². The number of rotatable bonds is 8. The molecule has 1 aliphatic heterocycles. The van der Waals surface area contributed by atoms with E-state index in [9.17, 15) is 14.0 Å². The highest BCUT2D eigenvalue weighted by atomic mass is 19.1. The zero-order chi connectivity index (χ0) is 27.2. The maximum atomic E-state index is 13.6. The van der Waals surface area contributed by atoms with Crippen molar-refractivity contribution in [2.24, 2.45) is 0 Å². The third kappa shape index (κ3) is 6.17. The summed E-state index contributed by atoms with van der Waals surface area (Å²) in [6, 6.07) is 10.0. The van der Waals surface area contributed by atoms with Crippen molar-refractivity contribution in [2.75, 3.05) is 54.1 Å². The summed E-state index contributed by atoms with van der Waals surface area (Å²) in [6.07, 6.45) is 2.60. The van der Waals surface area contributed by atoms with Gasteiger partial charge in [0, 0.05) is 50.9 Å².